The van der Waals surface area contributed by atoms with E-state index < -0.39 is 0 Å². The van der Waals surface area contributed by atoms with Gasteiger partial charge in [0.2, 0.25) is 0 Å². The second-order valence-electron chi connectivity index (χ2n) is 3.26. The normalized spacial score (nSPS) is 9.56. The molecule has 0 aliphatic carbocycles. The molecular weight excluding hydrogens is 204 g/mol. The van der Waals surface area contributed by atoms with Crippen LogP contribution in [-0.2, 0) is 4.74 Å². The fourth-order valence-corrected chi connectivity index (χ4v) is 1.18. The Bertz CT molecular complexity index is 207. The lowest BCUT2D eigenvalue weighted by Gasteiger charge is -2.19. The summed E-state index contributed by atoms with van der Waals surface area (Å²) in [6.45, 7) is 12.3. The van der Waals surface area contributed by atoms with Crippen LogP contribution in [0.3, 0.4) is 0 Å². The lowest BCUT2D eigenvalue weighted by atomic mass is 10.4. The Labute approximate surface area is 98.0 Å². The number of nitrogens with zero attached hydrogens (tertiary/aromatic N) is 1. The largest absolute Gasteiger partial charge is 0.382 e. The smallest absolute Gasteiger partial charge is 0.317 e. The SMILES string of the molecule is C=CCN(CC=C)C(=O)NCCCOCC. The third-order valence-corrected chi connectivity index (χ3v) is 1.93. The van der Waals surface area contributed by atoms with Crippen molar-refractivity contribution in [2.75, 3.05) is 32.8 Å². The summed E-state index contributed by atoms with van der Waals surface area (Å²) in [4.78, 5) is 13.3. The van der Waals surface area contributed by atoms with Crippen molar-refractivity contribution in [1.29, 1.82) is 0 Å². The molecule has 16 heavy (non-hydrogen) atoms. The Hall–Kier alpha value is -1.29. The van der Waals surface area contributed by atoms with Gasteiger partial charge < -0.3 is 15.0 Å². The molecular formula is C12H22N2O2. The van der Waals surface area contributed by atoms with Gasteiger partial charge in [-0.05, 0) is 13.3 Å². The molecule has 0 aliphatic rings. The van der Waals surface area contributed by atoms with E-state index in [1.807, 2.05) is 6.92 Å². The molecule has 92 valence electrons. The third-order valence-electron chi connectivity index (χ3n) is 1.93. The Kier molecular flexibility index (Phi) is 9.41. The van der Waals surface area contributed by atoms with Gasteiger partial charge in [0.25, 0.3) is 0 Å². The molecule has 0 unspecified atom stereocenters. The third kappa shape index (κ3) is 7.06. The average molecular weight is 226 g/mol. The van der Waals surface area contributed by atoms with Gasteiger partial charge in [0, 0.05) is 32.8 Å². The number of carbonyl (C=O) groups is 1. The number of urea groups is 1. The molecule has 0 rings (SSSR count). The van der Waals surface area contributed by atoms with E-state index >= 15 is 0 Å². The Morgan fingerprint density at radius 2 is 2.00 bits per heavy atom. The quantitative estimate of drug-likeness (QED) is 0.481. The number of hydrogen-bond acceptors (Lipinski definition) is 2. The van der Waals surface area contributed by atoms with Crippen LogP contribution in [0.4, 0.5) is 4.79 Å². The molecule has 0 aromatic heterocycles. The first-order valence-corrected chi connectivity index (χ1v) is 5.58. The molecule has 4 heteroatoms. The number of nitrogens with one attached hydrogen (secondary N) is 1. The zero-order valence-electron chi connectivity index (χ0n) is 10.1. The first-order valence-electron chi connectivity index (χ1n) is 5.58. The van der Waals surface area contributed by atoms with Crippen molar-refractivity contribution in [3.8, 4) is 0 Å². The van der Waals surface area contributed by atoms with Gasteiger partial charge in [-0.2, -0.15) is 0 Å². The molecule has 0 aromatic carbocycles. The van der Waals surface area contributed by atoms with E-state index in [-0.39, 0.29) is 6.03 Å². The van der Waals surface area contributed by atoms with E-state index in [0.29, 0.717) is 32.8 Å². The van der Waals surface area contributed by atoms with E-state index in [1.54, 1.807) is 17.1 Å². The molecule has 0 radical (unpaired) electrons. The van der Waals surface area contributed by atoms with Gasteiger partial charge in [0.1, 0.15) is 0 Å². The number of amides is 2. The standard InChI is InChI=1S/C12H22N2O2/c1-4-9-14(10-5-2)12(15)13-8-7-11-16-6-3/h4-5H,1-2,6-11H2,3H3,(H,13,15). The second-order valence-corrected chi connectivity index (χ2v) is 3.26. The second kappa shape index (κ2) is 10.2. The van der Waals surface area contributed by atoms with Crippen LogP contribution in [0.1, 0.15) is 13.3 Å². The van der Waals surface area contributed by atoms with Crippen LogP contribution in [0.15, 0.2) is 25.3 Å². The lowest BCUT2D eigenvalue weighted by molar-refractivity contribution is 0.144. The average Bonchev–Trinajstić information content (AvgIpc) is 2.28. The summed E-state index contributed by atoms with van der Waals surface area (Å²) >= 11 is 0. The van der Waals surface area contributed by atoms with Crippen molar-refractivity contribution in [3.63, 3.8) is 0 Å². The molecule has 1 N–H and O–H groups in total. The van der Waals surface area contributed by atoms with Gasteiger partial charge in [0.15, 0.2) is 0 Å². The van der Waals surface area contributed by atoms with Gasteiger partial charge in [-0.3, -0.25) is 0 Å². The molecule has 4 nitrogen and oxygen atoms in total. The Morgan fingerprint density at radius 1 is 1.38 bits per heavy atom. The van der Waals surface area contributed by atoms with Crippen molar-refractivity contribution >= 4 is 6.03 Å². The minimum absolute atomic E-state index is 0.0868. The molecule has 0 aromatic rings. The predicted molar refractivity (Wildman–Crippen MR) is 66.5 cm³/mol. The van der Waals surface area contributed by atoms with Crippen LogP contribution in [0, 0.1) is 0 Å². The summed E-state index contributed by atoms with van der Waals surface area (Å²) in [5, 5.41) is 2.82. The fourth-order valence-electron chi connectivity index (χ4n) is 1.18. The Balaban J connectivity index is 3.73. The first-order chi connectivity index (χ1) is 7.76. The van der Waals surface area contributed by atoms with Crippen LogP contribution >= 0.6 is 0 Å². The zero-order valence-corrected chi connectivity index (χ0v) is 10.1. The number of carbonyl (C=O) groups excluding carboxylic acids is 1. The Morgan fingerprint density at radius 3 is 2.50 bits per heavy atom. The molecule has 0 spiro atoms. The predicted octanol–water partition coefficient (Wildman–Crippen LogP) is 1.80. The van der Waals surface area contributed by atoms with E-state index in [4.69, 9.17) is 4.74 Å². The van der Waals surface area contributed by atoms with Gasteiger partial charge in [0.05, 0.1) is 0 Å². The van der Waals surface area contributed by atoms with Crippen molar-refractivity contribution in [2.24, 2.45) is 0 Å². The van der Waals surface area contributed by atoms with Gasteiger partial charge >= 0.3 is 6.03 Å². The topological polar surface area (TPSA) is 41.6 Å². The van der Waals surface area contributed by atoms with E-state index in [9.17, 15) is 4.79 Å². The van der Waals surface area contributed by atoms with Gasteiger partial charge in [-0.15, -0.1) is 13.2 Å². The van der Waals surface area contributed by atoms with E-state index in [0.717, 1.165) is 6.42 Å². The molecule has 0 bridgehead atoms. The van der Waals surface area contributed by atoms with Crippen LogP contribution in [0.25, 0.3) is 0 Å². The number of ether oxygens (including phenoxy) is 1. The van der Waals surface area contributed by atoms with Crippen LogP contribution in [-0.4, -0.2) is 43.8 Å². The summed E-state index contributed by atoms with van der Waals surface area (Å²) < 4.78 is 5.17. The zero-order chi connectivity index (χ0) is 12.2. The maximum Gasteiger partial charge on any atom is 0.317 e. The lowest BCUT2D eigenvalue weighted by Crippen LogP contribution is -2.40. The number of hydrogen-bond donors (Lipinski definition) is 1. The highest BCUT2D eigenvalue weighted by Crippen LogP contribution is 1.91. The summed E-state index contributed by atoms with van der Waals surface area (Å²) in [7, 11) is 0. The molecule has 0 atom stereocenters. The highest BCUT2D eigenvalue weighted by Gasteiger charge is 2.08. The monoisotopic (exact) mass is 226 g/mol. The summed E-state index contributed by atoms with van der Waals surface area (Å²) in [5.74, 6) is 0. The van der Waals surface area contributed by atoms with Crippen LogP contribution in [0.5, 0.6) is 0 Å². The molecule has 0 heterocycles. The van der Waals surface area contributed by atoms with Crippen molar-refractivity contribution < 1.29 is 9.53 Å². The molecule has 0 saturated heterocycles. The van der Waals surface area contributed by atoms with Crippen molar-refractivity contribution in [1.82, 2.24) is 10.2 Å². The molecule has 0 saturated carbocycles. The van der Waals surface area contributed by atoms with E-state index in [1.165, 1.54) is 0 Å². The van der Waals surface area contributed by atoms with Crippen molar-refractivity contribution in [3.05, 3.63) is 25.3 Å². The maximum absolute atomic E-state index is 11.6. The highest BCUT2D eigenvalue weighted by molar-refractivity contribution is 5.74. The highest BCUT2D eigenvalue weighted by atomic mass is 16.5. The summed E-state index contributed by atoms with van der Waals surface area (Å²) in [6.07, 6.45) is 4.22. The van der Waals surface area contributed by atoms with Gasteiger partial charge in [-0.1, -0.05) is 12.2 Å². The van der Waals surface area contributed by atoms with Gasteiger partial charge in [-0.25, -0.2) is 4.79 Å². The van der Waals surface area contributed by atoms with E-state index in [2.05, 4.69) is 18.5 Å². The minimum Gasteiger partial charge on any atom is -0.382 e. The summed E-state index contributed by atoms with van der Waals surface area (Å²) in [6, 6.07) is -0.0868. The maximum atomic E-state index is 11.6. The minimum atomic E-state index is -0.0868. The number of rotatable bonds is 9. The molecule has 0 fully saturated rings. The molecule has 2 amide bonds. The fraction of sp³-hybridized carbons (Fsp3) is 0.583. The van der Waals surface area contributed by atoms with Crippen molar-refractivity contribution in [2.45, 2.75) is 13.3 Å². The molecule has 0 aliphatic heterocycles. The van der Waals surface area contributed by atoms with Crippen LogP contribution in [0.2, 0.25) is 0 Å². The first kappa shape index (κ1) is 14.7. The summed E-state index contributed by atoms with van der Waals surface area (Å²) in [5.41, 5.74) is 0. The van der Waals surface area contributed by atoms with Crippen LogP contribution < -0.4 is 5.32 Å².